The molecule has 0 aliphatic heterocycles. The molecule has 80 valence electrons. The van der Waals surface area contributed by atoms with Crippen LogP contribution in [0.5, 0.6) is 0 Å². The fourth-order valence-corrected chi connectivity index (χ4v) is 1.25. The fourth-order valence-electron chi connectivity index (χ4n) is 1.25. The van der Waals surface area contributed by atoms with E-state index in [0.717, 1.165) is 0 Å². The predicted molar refractivity (Wildman–Crippen MR) is 57.0 cm³/mol. The van der Waals surface area contributed by atoms with Gasteiger partial charge < -0.3 is 10.8 Å². The van der Waals surface area contributed by atoms with Gasteiger partial charge in [-0.25, -0.2) is 4.39 Å². The number of nitrogens with two attached hydrogens (primary N) is 1. The molecule has 0 aromatic heterocycles. The van der Waals surface area contributed by atoms with Crippen molar-refractivity contribution in [2.45, 2.75) is 26.0 Å². The van der Waals surface area contributed by atoms with E-state index in [0.29, 0.717) is 11.1 Å². The van der Waals surface area contributed by atoms with Crippen LogP contribution in [0.15, 0.2) is 18.2 Å². The molecule has 0 aliphatic carbocycles. The highest BCUT2D eigenvalue weighted by Crippen LogP contribution is 2.20. The molecule has 0 saturated heterocycles. The maximum Gasteiger partial charge on any atom is 0.126 e. The van der Waals surface area contributed by atoms with Crippen molar-refractivity contribution < 1.29 is 9.50 Å². The minimum absolute atomic E-state index is 0. The van der Waals surface area contributed by atoms with E-state index in [1.807, 2.05) is 0 Å². The Hall–Kier alpha value is -0.640. The van der Waals surface area contributed by atoms with Crippen molar-refractivity contribution in [2.24, 2.45) is 5.73 Å². The first kappa shape index (κ1) is 13.4. The van der Waals surface area contributed by atoms with Crippen molar-refractivity contribution in [2.75, 3.05) is 0 Å². The average Bonchev–Trinajstić information content (AvgIpc) is 2.08. The third-order valence-corrected chi connectivity index (χ3v) is 2.19. The topological polar surface area (TPSA) is 46.2 Å². The summed E-state index contributed by atoms with van der Waals surface area (Å²) in [6.45, 7) is 3.25. The number of hydrogen-bond acceptors (Lipinski definition) is 2. The Balaban J connectivity index is 0.00000169. The zero-order chi connectivity index (χ0) is 10.0. The van der Waals surface area contributed by atoms with Crippen molar-refractivity contribution >= 4 is 12.4 Å². The first-order valence-corrected chi connectivity index (χ1v) is 4.22. The zero-order valence-electron chi connectivity index (χ0n) is 8.20. The van der Waals surface area contributed by atoms with Gasteiger partial charge in [0.2, 0.25) is 0 Å². The van der Waals surface area contributed by atoms with Gasteiger partial charge in [0.05, 0.1) is 12.1 Å². The molecule has 1 rings (SSSR count). The average molecular weight is 220 g/mol. The molecule has 0 unspecified atom stereocenters. The van der Waals surface area contributed by atoms with Gasteiger partial charge >= 0.3 is 0 Å². The lowest BCUT2D eigenvalue weighted by atomic mass is 9.98. The quantitative estimate of drug-likeness (QED) is 0.799. The van der Waals surface area contributed by atoms with E-state index in [2.05, 4.69) is 0 Å². The lowest BCUT2D eigenvalue weighted by molar-refractivity contribution is 0.164. The van der Waals surface area contributed by atoms with E-state index < -0.39 is 12.1 Å². The summed E-state index contributed by atoms with van der Waals surface area (Å²) >= 11 is 0. The van der Waals surface area contributed by atoms with E-state index in [9.17, 15) is 9.50 Å². The Morgan fingerprint density at radius 3 is 2.50 bits per heavy atom. The molecule has 0 saturated carbocycles. The summed E-state index contributed by atoms with van der Waals surface area (Å²) in [5.74, 6) is -0.284. The Morgan fingerprint density at radius 2 is 2.00 bits per heavy atom. The van der Waals surface area contributed by atoms with E-state index in [-0.39, 0.29) is 18.2 Å². The van der Waals surface area contributed by atoms with Crippen LogP contribution in [-0.4, -0.2) is 11.2 Å². The standard InChI is InChI=1S/C10H14FNO.ClH/c1-6-8(10(12)7(2)13)4-3-5-9(6)11;/h3-5,7,10,13H,12H2,1-2H3;1H/t7-,10-;/m1./s1. The van der Waals surface area contributed by atoms with Crippen molar-refractivity contribution in [1.29, 1.82) is 0 Å². The summed E-state index contributed by atoms with van der Waals surface area (Å²) in [6, 6.07) is 4.19. The summed E-state index contributed by atoms with van der Waals surface area (Å²) in [6.07, 6.45) is -0.666. The van der Waals surface area contributed by atoms with Gasteiger partial charge in [0.1, 0.15) is 5.82 Å². The van der Waals surface area contributed by atoms with Crippen LogP contribution in [0.2, 0.25) is 0 Å². The minimum atomic E-state index is -0.666. The molecule has 0 spiro atoms. The number of halogens is 2. The Morgan fingerprint density at radius 1 is 1.43 bits per heavy atom. The maximum absolute atomic E-state index is 13.1. The molecular weight excluding hydrogens is 205 g/mol. The Bertz CT molecular complexity index is 304. The van der Waals surface area contributed by atoms with Gasteiger partial charge in [-0.05, 0) is 31.0 Å². The Labute approximate surface area is 89.3 Å². The lowest BCUT2D eigenvalue weighted by Gasteiger charge is -2.17. The molecular formula is C10H15ClFNO. The van der Waals surface area contributed by atoms with Crippen molar-refractivity contribution in [3.05, 3.63) is 35.1 Å². The van der Waals surface area contributed by atoms with Crippen LogP contribution < -0.4 is 5.73 Å². The van der Waals surface area contributed by atoms with E-state index in [4.69, 9.17) is 5.73 Å². The van der Waals surface area contributed by atoms with E-state index in [1.54, 1.807) is 26.0 Å². The van der Waals surface area contributed by atoms with Crippen LogP contribution in [0.25, 0.3) is 0 Å². The summed E-state index contributed by atoms with van der Waals surface area (Å²) < 4.78 is 13.1. The molecule has 0 radical (unpaired) electrons. The Kier molecular flexibility index (Phi) is 5.05. The number of aliphatic hydroxyl groups excluding tert-OH is 1. The summed E-state index contributed by atoms with van der Waals surface area (Å²) in [7, 11) is 0. The van der Waals surface area contributed by atoms with Gasteiger partial charge in [0.25, 0.3) is 0 Å². The van der Waals surface area contributed by atoms with Gasteiger partial charge in [-0.15, -0.1) is 12.4 Å². The van der Waals surface area contributed by atoms with Crippen LogP contribution >= 0.6 is 12.4 Å². The third kappa shape index (κ3) is 2.67. The first-order valence-electron chi connectivity index (χ1n) is 4.22. The van der Waals surface area contributed by atoms with Gasteiger partial charge in [0, 0.05) is 0 Å². The van der Waals surface area contributed by atoms with Gasteiger partial charge in [-0.1, -0.05) is 12.1 Å². The number of benzene rings is 1. The summed E-state index contributed by atoms with van der Waals surface area (Å²) in [5.41, 5.74) is 6.86. The second kappa shape index (κ2) is 5.29. The molecule has 4 heteroatoms. The molecule has 0 bridgehead atoms. The largest absolute Gasteiger partial charge is 0.391 e. The SMILES string of the molecule is Cc1c(F)cccc1[C@H](N)[C@@H](C)O.Cl. The first-order chi connectivity index (χ1) is 6.04. The zero-order valence-corrected chi connectivity index (χ0v) is 9.01. The van der Waals surface area contributed by atoms with Crippen molar-refractivity contribution in [1.82, 2.24) is 0 Å². The van der Waals surface area contributed by atoms with Gasteiger partial charge in [-0.3, -0.25) is 0 Å². The number of rotatable bonds is 2. The minimum Gasteiger partial charge on any atom is -0.391 e. The third-order valence-electron chi connectivity index (χ3n) is 2.19. The highest BCUT2D eigenvalue weighted by Gasteiger charge is 2.15. The van der Waals surface area contributed by atoms with Crippen molar-refractivity contribution in [3.63, 3.8) is 0 Å². The monoisotopic (exact) mass is 219 g/mol. The molecule has 0 heterocycles. The smallest absolute Gasteiger partial charge is 0.126 e. The molecule has 2 nitrogen and oxygen atoms in total. The van der Waals surface area contributed by atoms with Crippen molar-refractivity contribution in [3.8, 4) is 0 Å². The highest BCUT2D eigenvalue weighted by atomic mass is 35.5. The predicted octanol–water partition coefficient (Wildman–Crippen LogP) is 1.94. The molecule has 3 N–H and O–H groups in total. The van der Waals surface area contributed by atoms with E-state index in [1.165, 1.54) is 6.07 Å². The molecule has 14 heavy (non-hydrogen) atoms. The van der Waals surface area contributed by atoms with Gasteiger partial charge in [0.15, 0.2) is 0 Å². The second-order valence-corrected chi connectivity index (χ2v) is 3.22. The van der Waals surface area contributed by atoms with Crippen LogP contribution in [0, 0.1) is 12.7 Å². The van der Waals surface area contributed by atoms with E-state index >= 15 is 0 Å². The molecule has 1 aromatic rings. The number of aliphatic hydroxyl groups is 1. The fraction of sp³-hybridized carbons (Fsp3) is 0.400. The molecule has 0 aliphatic rings. The molecule has 0 amide bonds. The van der Waals surface area contributed by atoms with Crippen LogP contribution in [-0.2, 0) is 0 Å². The lowest BCUT2D eigenvalue weighted by Crippen LogP contribution is -2.24. The number of hydrogen-bond donors (Lipinski definition) is 2. The van der Waals surface area contributed by atoms with Crippen LogP contribution in [0.4, 0.5) is 4.39 Å². The maximum atomic E-state index is 13.1. The molecule has 0 fully saturated rings. The van der Waals surface area contributed by atoms with Gasteiger partial charge in [-0.2, -0.15) is 0 Å². The summed E-state index contributed by atoms with van der Waals surface area (Å²) in [5, 5.41) is 9.24. The molecule has 1 aromatic carbocycles. The normalized spacial score (nSPS) is 14.4. The second-order valence-electron chi connectivity index (χ2n) is 3.22. The highest BCUT2D eigenvalue weighted by molar-refractivity contribution is 5.85. The van der Waals surface area contributed by atoms with Crippen LogP contribution in [0.1, 0.15) is 24.1 Å². The molecule has 2 atom stereocenters. The summed E-state index contributed by atoms with van der Waals surface area (Å²) in [4.78, 5) is 0. The van der Waals surface area contributed by atoms with Crippen LogP contribution in [0.3, 0.4) is 0 Å².